The molecule has 0 saturated carbocycles. The molecule has 0 radical (unpaired) electrons. The summed E-state index contributed by atoms with van der Waals surface area (Å²) >= 11 is 1.79. The third kappa shape index (κ3) is 9.61. The van der Waals surface area contributed by atoms with Gasteiger partial charge in [-0.2, -0.15) is 0 Å². The molecular weight excluding hydrogens is 509 g/mol. The second kappa shape index (κ2) is 15.4. The molecule has 1 aromatic carbocycles. The minimum absolute atomic E-state index is 0. The number of hydrogen-bond donors (Lipinski definition) is 2. The molecule has 30 heavy (non-hydrogen) atoms. The van der Waals surface area contributed by atoms with Crippen LogP contribution in [0.5, 0.6) is 5.75 Å². The van der Waals surface area contributed by atoms with Gasteiger partial charge in [0.15, 0.2) is 5.96 Å². The Morgan fingerprint density at radius 2 is 1.87 bits per heavy atom. The van der Waals surface area contributed by atoms with E-state index in [0.29, 0.717) is 6.61 Å². The molecule has 2 rings (SSSR count). The zero-order valence-corrected chi connectivity index (χ0v) is 21.8. The SMILES string of the molecule is CCc1cnc(CCNC(=NC)NCc2ccc(OCCN(CC)CC)cc2)s1.I. The maximum atomic E-state index is 5.84. The van der Waals surface area contributed by atoms with Gasteiger partial charge < -0.3 is 20.3 Å². The Labute approximate surface area is 202 Å². The summed E-state index contributed by atoms with van der Waals surface area (Å²) in [6.07, 6.45) is 3.93. The van der Waals surface area contributed by atoms with E-state index in [0.717, 1.165) is 57.3 Å². The number of halogens is 1. The van der Waals surface area contributed by atoms with E-state index in [1.807, 2.05) is 18.3 Å². The Bertz CT molecular complexity index is 731. The number of rotatable bonds is 12. The van der Waals surface area contributed by atoms with Crippen LogP contribution >= 0.6 is 35.3 Å². The van der Waals surface area contributed by atoms with Gasteiger partial charge in [0.05, 0.1) is 5.01 Å². The molecule has 0 atom stereocenters. The summed E-state index contributed by atoms with van der Waals surface area (Å²) in [7, 11) is 1.79. The van der Waals surface area contributed by atoms with Crippen LogP contribution in [0.15, 0.2) is 35.5 Å². The van der Waals surface area contributed by atoms with Gasteiger partial charge in [-0.3, -0.25) is 4.99 Å². The molecule has 8 heteroatoms. The fraction of sp³-hybridized carbons (Fsp3) is 0.545. The number of nitrogens with zero attached hydrogens (tertiary/aromatic N) is 3. The number of guanidine groups is 1. The molecule has 0 aliphatic rings. The molecule has 2 aromatic rings. The van der Waals surface area contributed by atoms with Crippen LogP contribution < -0.4 is 15.4 Å². The minimum atomic E-state index is 0. The van der Waals surface area contributed by atoms with Gasteiger partial charge in [0.1, 0.15) is 12.4 Å². The van der Waals surface area contributed by atoms with Crippen molar-refractivity contribution in [3.63, 3.8) is 0 Å². The average Bonchev–Trinajstić information content (AvgIpc) is 3.22. The molecular formula is C22H36IN5OS. The van der Waals surface area contributed by atoms with Crippen LogP contribution in [0, 0.1) is 0 Å². The van der Waals surface area contributed by atoms with E-state index in [2.05, 4.69) is 58.4 Å². The monoisotopic (exact) mass is 545 g/mol. The first-order chi connectivity index (χ1) is 14.2. The van der Waals surface area contributed by atoms with Crippen molar-refractivity contribution in [2.75, 3.05) is 39.8 Å². The summed E-state index contributed by atoms with van der Waals surface area (Å²) in [5, 5.41) is 7.88. The number of nitrogens with one attached hydrogen (secondary N) is 2. The van der Waals surface area contributed by atoms with Crippen molar-refractivity contribution >= 4 is 41.3 Å². The van der Waals surface area contributed by atoms with Crippen molar-refractivity contribution in [2.24, 2.45) is 4.99 Å². The highest BCUT2D eigenvalue weighted by Gasteiger charge is 2.03. The van der Waals surface area contributed by atoms with E-state index >= 15 is 0 Å². The van der Waals surface area contributed by atoms with Crippen molar-refractivity contribution < 1.29 is 4.74 Å². The number of thiazole rings is 1. The van der Waals surface area contributed by atoms with E-state index in [-0.39, 0.29) is 24.0 Å². The summed E-state index contributed by atoms with van der Waals surface area (Å²) in [6, 6.07) is 8.25. The molecule has 0 aliphatic carbocycles. The molecule has 0 fully saturated rings. The van der Waals surface area contributed by atoms with Crippen molar-refractivity contribution in [1.82, 2.24) is 20.5 Å². The van der Waals surface area contributed by atoms with E-state index in [1.165, 1.54) is 15.4 Å². The molecule has 0 bridgehead atoms. The van der Waals surface area contributed by atoms with Crippen LogP contribution in [0.3, 0.4) is 0 Å². The van der Waals surface area contributed by atoms with Crippen molar-refractivity contribution in [3.05, 3.63) is 45.9 Å². The number of aryl methyl sites for hydroxylation is 1. The highest BCUT2D eigenvalue weighted by atomic mass is 127. The lowest BCUT2D eigenvalue weighted by molar-refractivity contribution is 0.223. The lowest BCUT2D eigenvalue weighted by Crippen LogP contribution is -2.37. The molecule has 0 spiro atoms. The van der Waals surface area contributed by atoms with Crippen LogP contribution in [0.2, 0.25) is 0 Å². The summed E-state index contributed by atoms with van der Waals surface area (Å²) in [5.41, 5.74) is 1.19. The van der Waals surface area contributed by atoms with Gasteiger partial charge >= 0.3 is 0 Å². The first kappa shape index (κ1) is 26.6. The number of benzene rings is 1. The van der Waals surface area contributed by atoms with Crippen molar-refractivity contribution in [3.8, 4) is 5.75 Å². The molecule has 168 valence electrons. The van der Waals surface area contributed by atoms with E-state index < -0.39 is 0 Å². The van der Waals surface area contributed by atoms with E-state index in [1.54, 1.807) is 18.4 Å². The smallest absolute Gasteiger partial charge is 0.191 e. The van der Waals surface area contributed by atoms with Gasteiger partial charge in [-0.05, 0) is 37.2 Å². The topological polar surface area (TPSA) is 61.8 Å². The van der Waals surface area contributed by atoms with Crippen LogP contribution in [0.25, 0.3) is 0 Å². The van der Waals surface area contributed by atoms with Crippen LogP contribution in [0.4, 0.5) is 0 Å². The maximum absolute atomic E-state index is 5.84. The molecule has 2 N–H and O–H groups in total. The summed E-state index contributed by atoms with van der Waals surface area (Å²) in [5.74, 6) is 1.72. The van der Waals surface area contributed by atoms with Gasteiger partial charge in [-0.1, -0.05) is 32.9 Å². The Morgan fingerprint density at radius 3 is 2.47 bits per heavy atom. The number of likely N-dealkylation sites (N-methyl/N-ethyl adjacent to an activating group) is 1. The Morgan fingerprint density at radius 1 is 1.13 bits per heavy atom. The first-order valence-corrected chi connectivity index (χ1v) is 11.3. The molecule has 0 aliphatic heterocycles. The number of hydrogen-bond acceptors (Lipinski definition) is 5. The summed E-state index contributed by atoms with van der Waals surface area (Å²) in [4.78, 5) is 12.4. The molecule has 6 nitrogen and oxygen atoms in total. The fourth-order valence-electron chi connectivity index (χ4n) is 2.86. The van der Waals surface area contributed by atoms with Crippen LogP contribution in [-0.2, 0) is 19.4 Å². The Balaban J connectivity index is 0.00000450. The lowest BCUT2D eigenvalue weighted by atomic mass is 10.2. The predicted molar refractivity (Wildman–Crippen MR) is 139 cm³/mol. The quantitative estimate of drug-likeness (QED) is 0.240. The highest BCUT2D eigenvalue weighted by Crippen LogP contribution is 2.13. The standard InChI is InChI=1S/C22H35N5OS.HI/c1-5-20-17-25-21(29-20)12-13-24-22(23-4)26-16-18-8-10-19(11-9-18)28-15-14-27(6-2)7-3;/h8-11,17H,5-7,12-16H2,1-4H3,(H2,23,24,26);1H. The van der Waals surface area contributed by atoms with E-state index in [9.17, 15) is 0 Å². The first-order valence-electron chi connectivity index (χ1n) is 10.5. The zero-order valence-electron chi connectivity index (χ0n) is 18.6. The average molecular weight is 546 g/mol. The van der Waals surface area contributed by atoms with Crippen molar-refractivity contribution in [2.45, 2.75) is 40.2 Å². The number of aromatic nitrogens is 1. The van der Waals surface area contributed by atoms with Crippen LogP contribution in [-0.4, -0.2) is 55.7 Å². The van der Waals surface area contributed by atoms with Gasteiger partial charge in [-0.15, -0.1) is 35.3 Å². The van der Waals surface area contributed by atoms with Crippen LogP contribution in [0.1, 0.15) is 36.2 Å². The predicted octanol–water partition coefficient (Wildman–Crippen LogP) is 3.95. The third-order valence-corrected chi connectivity index (χ3v) is 5.96. The summed E-state index contributed by atoms with van der Waals surface area (Å²) in [6.45, 7) is 11.8. The molecule has 1 aromatic heterocycles. The van der Waals surface area contributed by atoms with E-state index in [4.69, 9.17) is 4.74 Å². The zero-order chi connectivity index (χ0) is 20.9. The number of aliphatic imine (C=N–C) groups is 1. The van der Waals surface area contributed by atoms with Crippen molar-refractivity contribution in [1.29, 1.82) is 0 Å². The van der Waals surface area contributed by atoms with Gasteiger partial charge in [0.25, 0.3) is 0 Å². The Kier molecular flexibility index (Phi) is 13.7. The second-order valence-electron chi connectivity index (χ2n) is 6.70. The largest absolute Gasteiger partial charge is 0.492 e. The Hall–Kier alpha value is -1.39. The fourth-order valence-corrected chi connectivity index (χ4v) is 3.72. The normalized spacial score (nSPS) is 11.3. The lowest BCUT2D eigenvalue weighted by Gasteiger charge is -2.18. The molecule has 0 amide bonds. The highest BCUT2D eigenvalue weighted by molar-refractivity contribution is 14.0. The maximum Gasteiger partial charge on any atom is 0.191 e. The van der Waals surface area contributed by atoms with Gasteiger partial charge in [0.2, 0.25) is 0 Å². The van der Waals surface area contributed by atoms with Gasteiger partial charge in [0, 0.05) is 44.2 Å². The number of ether oxygens (including phenoxy) is 1. The minimum Gasteiger partial charge on any atom is -0.492 e. The molecule has 1 heterocycles. The van der Waals surface area contributed by atoms with Gasteiger partial charge in [-0.25, -0.2) is 4.98 Å². The molecule has 0 unspecified atom stereocenters. The second-order valence-corrected chi connectivity index (χ2v) is 7.90. The summed E-state index contributed by atoms with van der Waals surface area (Å²) < 4.78 is 5.84. The molecule has 0 saturated heterocycles. The third-order valence-electron chi connectivity index (χ3n) is 4.76.